The normalized spacial score (nSPS) is 12.4. The third-order valence-electron chi connectivity index (χ3n) is 2.78. The van der Waals surface area contributed by atoms with Crippen LogP contribution in [0, 0.1) is 13.8 Å². The van der Waals surface area contributed by atoms with Gasteiger partial charge in [0.05, 0.1) is 0 Å². The molecule has 0 heterocycles. The highest BCUT2D eigenvalue weighted by Crippen LogP contribution is 2.13. The Morgan fingerprint density at radius 1 is 1.44 bits per heavy atom. The Labute approximate surface area is 96.3 Å². The lowest BCUT2D eigenvalue weighted by Crippen LogP contribution is -2.29. The van der Waals surface area contributed by atoms with Crippen LogP contribution in [0.2, 0.25) is 0 Å². The molecule has 3 N–H and O–H groups in total. The molecule has 1 atom stereocenters. The van der Waals surface area contributed by atoms with Gasteiger partial charge in [-0.15, -0.1) is 0 Å². The second-order valence-electron chi connectivity index (χ2n) is 4.27. The molecular weight excluding hydrogens is 202 g/mol. The molecule has 1 unspecified atom stereocenters. The Morgan fingerprint density at radius 2 is 2.12 bits per heavy atom. The molecule has 1 aromatic rings. The predicted molar refractivity (Wildman–Crippen MR) is 64.5 cm³/mol. The summed E-state index contributed by atoms with van der Waals surface area (Å²) in [5.74, 6) is -0.916. The minimum absolute atomic E-state index is 0.530. The van der Waals surface area contributed by atoms with E-state index >= 15 is 0 Å². The van der Waals surface area contributed by atoms with Crippen molar-refractivity contribution < 1.29 is 9.90 Å². The molecule has 0 bridgehead atoms. The third kappa shape index (κ3) is 3.66. The van der Waals surface area contributed by atoms with Crippen LogP contribution >= 0.6 is 0 Å². The predicted octanol–water partition coefficient (Wildman–Crippen LogP) is 2.04. The second-order valence-corrected chi connectivity index (χ2v) is 4.27. The summed E-state index contributed by atoms with van der Waals surface area (Å²) < 4.78 is 0. The molecule has 0 aromatic heterocycles. The number of hydrogen-bond donors (Lipinski definition) is 2. The van der Waals surface area contributed by atoms with Gasteiger partial charge >= 0.3 is 5.97 Å². The van der Waals surface area contributed by atoms with Crippen LogP contribution in [0.25, 0.3) is 0 Å². The summed E-state index contributed by atoms with van der Waals surface area (Å²) in [5, 5.41) is 8.65. The van der Waals surface area contributed by atoms with Gasteiger partial charge in [0.1, 0.15) is 6.04 Å². The van der Waals surface area contributed by atoms with Crippen LogP contribution in [-0.2, 0) is 11.2 Å². The second kappa shape index (κ2) is 5.66. The van der Waals surface area contributed by atoms with E-state index in [9.17, 15) is 4.79 Å². The average molecular weight is 221 g/mol. The van der Waals surface area contributed by atoms with E-state index in [0.717, 1.165) is 12.8 Å². The number of carbonyl (C=O) groups is 1. The summed E-state index contributed by atoms with van der Waals surface area (Å²) >= 11 is 0. The lowest BCUT2D eigenvalue weighted by molar-refractivity contribution is -0.138. The lowest BCUT2D eigenvalue weighted by atomic mass is 9.99. The molecule has 0 saturated heterocycles. The number of aliphatic carboxylic acids is 1. The molecule has 0 fully saturated rings. The first kappa shape index (κ1) is 12.7. The van der Waals surface area contributed by atoms with Gasteiger partial charge in [-0.2, -0.15) is 0 Å². The molecule has 16 heavy (non-hydrogen) atoms. The molecule has 0 spiro atoms. The minimum Gasteiger partial charge on any atom is -0.480 e. The molecule has 1 aromatic carbocycles. The Hall–Kier alpha value is -1.35. The van der Waals surface area contributed by atoms with E-state index in [0.29, 0.717) is 6.42 Å². The van der Waals surface area contributed by atoms with Crippen molar-refractivity contribution >= 4 is 5.97 Å². The van der Waals surface area contributed by atoms with Crippen molar-refractivity contribution in [1.82, 2.24) is 0 Å². The monoisotopic (exact) mass is 221 g/mol. The quantitative estimate of drug-likeness (QED) is 0.799. The Balaban J connectivity index is 2.46. The van der Waals surface area contributed by atoms with Crippen LogP contribution in [0.15, 0.2) is 18.2 Å². The molecule has 0 saturated carbocycles. The van der Waals surface area contributed by atoms with E-state index in [1.165, 1.54) is 16.7 Å². The fraction of sp³-hybridized carbons (Fsp3) is 0.462. The van der Waals surface area contributed by atoms with Gasteiger partial charge in [-0.1, -0.05) is 23.8 Å². The molecule has 0 amide bonds. The van der Waals surface area contributed by atoms with Crippen LogP contribution < -0.4 is 5.73 Å². The number of hydrogen-bond acceptors (Lipinski definition) is 2. The number of nitrogens with two attached hydrogens (primary N) is 1. The van der Waals surface area contributed by atoms with Crippen LogP contribution in [0.3, 0.4) is 0 Å². The summed E-state index contributed by atoms with van der Waals surface area (Å²) in [7, 11) is 0. The van der Waals surface area contributed by atoms with E-state index in [1.54, 1.807) is 0 Å². The molecule has 88 valence electrons. The van der Waals surface area contributed by atoms with Crippen molar-refractivity contribution in [2.45, 2.75) is 39.2 Å². The van der Waals surface area contributed by atoms with E-state index in [-0.39, 0.29) is 0 Å². The molecule has 0 aliphatic rings. The number of aryl methyl sites for hydroxylation is 3. The van der Waals surface area contributed by atoms with Crippen LogP contribution in [0.5, 0.6) is 0 Å². The summed E-state index contributed by atoms with van der Waals surface area (Å²) in [6, 6.07) is 5.61. The Bertz CT molecular complexity index is 374. The van der Waals surface area contributed by atoms with Crippen molar-refractivity contribution in [2.75, 3.05) is 0 Å². The smallest absolute Gasteiger partial charge is 0.320 e. The molecule has 0 aliphatic carbocycles. The highest BCUT2D eigenvalue weighted by molar-refractivity contribution is 5.72. The van der Waals surface area contributed by atoms with Crippen LogP contribution in [-0.4, -0.2) is 17.1 Å². The number of carboxylic acids is 1. The van der Waals surface area contributed by atoms with Crippen molar-refractivity contribution in [3.8, 4) is 0 Å². The molecule has 0 radical (unpaired) electrons. The third-order valence-corrected chi connectivity index (χ3v) is 2.78. The van der Waals surface area contributed by atoms with Crippen LogP contribution in [0.4, 0.5) is 0 Å². The first-order chi connectivity index (χ1) is 7.50. The van der Waals surface area contributed by atoms with Gasteiger partial charge in [-0.05, 0) is 44.2 Å². The molecule has 3 nitrogen and oxygen atoms in total. The van der Waals surface area contributed by atoms with E-state index in [2.05, 4.69) is 32.0 Å². The average Bonchev–Trinajstić information content (AvgIpc) is 2.20. The van der Waals surface area contributed by atoms with Gasteiger partial charge in [0.15, 0.2) is 0 Å². The van der Waals surface area contributed by atoms with E-state index in [4.69, 9.17) is 10.8 Å². The van der Waals surface area contributed by atoms with Gasteiger partial charge in [0, 0.05) is 0 Å². The standard InChI is InChI=1S/C13H19NO2/c1-9-6-7-11(10(2)8-9)4-3-5-12(14)13(15)16/h6-8,12H,3-5,14H2,1-2H3,(H,15,16). The topological polar surface area (TPSA) is 63.3 Å². The SMILES string of the molecule is Cc1ccc(CCCC(N)C(=O)O)c(C)c1. The zero-order valence-corrected chi connectivity index (χ0v) is 9.86. The van der Waals surface area contributed by atoms with E-state index in [1.807, 2.05) is 0 Å². The first-order valence-electron chi connectivity index (χ1n) is 5.55. The highest BCUT2D eigenvalue weighted by atomic mass is 16.4. The molecular formula is C13H19NO2. The Kier molecular flexibility index (Phi) is 4.50. The number of carboxylic acid groups (broad SMARTS) is 1. The Morgan fingerprint density at radius 3 is 2.69 bits per heavy atom. The number of rotatable bonds is 5. The van der Waals surface area contributed by atoms with Crippen LogP contribution in [0.1, 0.15) is 29.5 Å². The van der Waals surface area contributed by atoms with Crippen molar-refractivity contribution in [2.24, 2.45) is 5.73 Å². The first-order valence-corrected chi connectivity index (χ1v) is 5.55. The van der Waals surface area contributed by atoms with Gasteiger partial charge < -0.3 is 10.8 Å². The maximum atomic E-state index is 10.5. The summed E-state index contributed by atoms with van der Waals surface area (Å²) in [6.45, 7) is 4.15. The van der Waals surface area contributed by atoms with Gasteiger partial charge in [-0.25, -0.2) is 0 Å². The van der Waals surface area contributed by atoms with Gasteiger partial charge in [0.25, 0.3) is 0 Å². The van der Waals surface area contributed by atoms with Crippen molar-refractivity contribution in [1.29, 1.82) is 0 Å². The fourth-order valence-corrected chi connectivity index (χ4v) is 1.76. The van der Waals surface area contributed by atoms with Crippen molar-refractivity contribution in [3.63, 3.8) is 0 Å². The molecule has 0 aliphatic heterocycles. The summed E-state index contributed by atoms with van der Waals surface area (Å²) in [6.07, 6.45) is 2.24. The van der Waals surface area contributed by atoms with Gasteiger partial charge in [-0.3, -0.25) is 4.79 Å². The summed E-state index contributed by atoms with van der Waals surface area (Å²) in [5.41, 5.74) is 9.24. The molecule has 1 rings (SSSR count). The van der Waals surface area contributed by atoms with Gasteiger partial charge in [0.2, 0.25) is 0 Å². The van der Waals surface area contributed by atoms with Crippen molar-refractivity contribution in [3.05, 3.63) is 34.9 Å². The maximum absolute atomic E-state index is 10.5. The lowest BCUT2D eigenvalue weighted by Gasteiger charge is -2.08. The largest absolute Gasteiger partial charge is 0.480 e. The number of benzene rings is 1. The fourth-order valence-electron chi connectivity index (χ4n) is 1.76. The highest BCUT2D eigenvalue weighted by Gasteiger charge is 2.10. The maximum Gasteiger partial charge on any atom is 0.320 e. The minimum atomic E-state index is -0.916. The summed E-state index contributed by atoms with van der Waals surface area (Å²) in [4.78, 5) is 10.5. The molecule has 3 heteroatoms. The zero-order valence-electron chi connectivity index (χ0n) is 9.86. The zero-order chi connectivity index (χ0) is 12.1. The van der Waals surface area contributed by atoms with E-state index < -0.39 is 12.0 Å².